The van der Waals surface area contributed by atoms with Gasteiger partial charge in [-0.25, -0.2) is 0 Å². The van der Waals surface area contributed by atoms with Crippen molar-refractivity contribution in [3.8, 4) is 0 Å². The fourth-order valence-corrected chi connectivity index (χ4v) is 2.58. The number of benzene rings is 1. The number of fused-ring (bicyclic) bond motifs is 1. The molecule has 1 aromatic carbocycles. The zero-order valence-electron chi connectivity index (χ0n) is 15.7. The van der Waals surface area contributed by atoms with Crippen molar-refractivity contribution >= 4 is 41.5 Å². The van der Waals surface area contributed by atoms with Crippen molar-refractivity contribution in [1.29, 1.82) is 0 Å². The summed E-state index contributed by atoms with van der Waals surface area (Å²) in [5.74, 6) is 0.973. The summed E-state index contributed by atoms with van der Waals surface area (Å²) in [5, 5.41) is 9.65. The molecule has 0 aliphatic carbocycles. The fourth-order valence-electron chi connectivity index (χ4n) is 2.58. The van der Waals surface area contributed by atoms with Gasteiger partial charge in [-0.15, -0.1) is 24.0 Å². The first-order valence-corrected chi connectivity index (χ1v) is 8.34. The lowest BCUT2D eigenvalue weighted by Gasteiger charge is -2.33. The third-order valence-corrected chi connectivity index (χ3v) is 4.75. The van der Waals surface area contributed by atoms with Crippen molar-refractivity contribution in [1.82, 2.24) is 15.5 Å². The summed E-state index contributed by atoms with van der Waals surface area (Å²) in [6.07, 6.45) is 0.490. The van der Waals surface area contributed by atoms with Gasteiger partial charge in [0.05, 0.1) is 0 Å². The number of nitrogens with one attached hydrogen (secondary N) is 3. The molecule has 7 heteroatoms. The summed E-state index contributed by atoms with van der Waals surface area (Å²) in [5.41, 5.74) is 2.11. The Morgan fingerprint density at radius 3 is 2.64 bits per heavy atom. The van der Waals surface area contributed by atoms with Crippen molar-refractivity contribution in [2.45, 2.75) is 31.7 Å². The number of hydrogen-bond acceptors (Lipinski definition) is 3. The van der Waals surface area contributed by atoms with Crippen molar-refractivity contribution in [2.24, 2.45) is 4.99 Å². The molecule has 0 fully saturated rings. The Morgan fingerprint density at radius 2 is 2.00 bits per heavy atom. The Balaban J connectivity index is 0.00000312. The highest BCUT2D eigenvalue weighted by atomic mass is 127. The molecule has 1 unspecified atom stereocenters. The van der Waals surface area contributed by atoms with Crippen LogP contribution in [-0.4, -0.2) is 56.5 Å². The highest BCUT2D eigenvalue weighted by molar-refractivity contribution is 14.0. The number of nitrogens with zero attached hydrogens (tertiary/aromatic N) is 2. The number of carbonyl (C=O) groups is 1. The molecule has 0 aromatic heterocycles. The average Bonchev–Trinajstić information content (AvgIpc) is 2.54. The highest BCUT2D eigenvalue weighted by Crippen LogP contribution is 2.31. The van der Waals surface area contributed by atoms with Gasteiger partial charge in [0.2, 0.25) is 5.91 Å². The van der Waals surface area contributed by atoms with Crippen LogP contribution >= 0.6 is 24.0 Å². The van der Waals surface area contributed by atoms with E-state index in [2.05, 4.69) is 59.9 Å². The molecule has 0 bridgehead atoms. The Morgan fingerprint density at radius 1 is 1.32 bits per heavy atom. The normalized spacial score (nSPS) is 17.4. The van der Waals surface area contributed by atoms with E-state index in [0.717, 1.165) is 18.2 Å². The van der Waals surface area contributed by atoms with Crippen molar-refractivity contribution in [2.75, 3.05) is 39.5 Å². The largest absolute Gasteiger partial charge is 0.356 e. The molecular formula is C18H30IN5O. The van der Waals surface area contributed by atoms with Gasteiger partial charge < -0.3 is 20.9 Å². The maximum absolute atomic E-state index is 11.9. The standard InChI is InChI=1S/C18H29N5O.HI/c1-18(2,23(4)5)12-21-17(19-3)20-11-13-10-16(24)22-15-9-7-6-8-14(13)15;/h6-9,13H,10-12H2,1-5H3,(H,22,24)(H2,19,20,21);1H. The molecule has 140 valence electrons. The SMILES string of the molecule is CN=C(NCC1CC(=O)Nc2ccccc21)NCC(C)(C)N(C)C.I. The van der Waals surface area contributed by atoms with Gasteiger partial charge in [0.25, 0.3) is 0 Å². The number of rotatable bonds is 5. The molecule has 0 saturated carbocycles. The van der Waals surface area contributed by atoms with E-state index in [1.807, 2.05) is 18.2 Å². The fraction of sp³-hybridized carbons (Fsp3) is 0.556. The smallest absolute Gasteiger partial charge is 0.225 e. The summed E-state index contributed by atoms with van der Waals surface area (Å²) in [7, 11) is 5.89. The molecule has 25 heavy (non-hydrogen) atoms. The van der Waals surface area contributed by atoms with Crippen molar-refractivity contribution in [3.05, 3.63) is 29.8 Å². The maximum atomic E-state index is 11.9. The molecule has 1 aliphatic heterocycles. The summed E-state index contributed by atoms with van der Waals surface area (Å²) in [6.45, 7) is 5.80. The molecular weight excluding hydrogens is 429 g/mol. The first-order valence-electron chi connectivity index (χ1n) is 8.34. The molecule has 1 aliphatic rings. The Hall–Kier alpha value is -1.35. The second-order valence-electron chi connectivity index (χ2n) is 7.05. The lowest BCUT2D eigenvalue weighted by atomic mass is 9.90. The number of aliphatic imine (C=N–C) groups is 1. The van der Waals surface area contributed by atoms with Crippen LogP contribution in [0.2, 0.25) is 0 Å². The Kier molecular flexibility index (Phi) is 8.14. The van der Waals surface area contributed by atoms with Gasteiger partial charge in [-0.2, -0.15) is 0 Å². The topological polar surface area (TPSA) is 68.8 Å². The van der Waals surface area contributed by atoms with Crippen LogP contribution in [0, 0.1) is 0 Å². The van der Waals surface area contributed by atoms with Gasteiger partial charge >= 0.3 is 0 Å². The third-order valence-electron chi connectivity index (χ3n) is 4.75. The number of hydrogen-bond donors (Lipinski definition) is 3. The zero-order valence-corrected chi connectivity index (χ0v) is 18.0. The van der Waals surface area contributed by atoms with Crippen LogP contribution in [0.4, 0.5) is 5.69 Å². The second-order valence-corrected chi connectivity index (χ2v) is 7.05. The minimum atomic E-state index is 0. The number of carbonyl (C=O) groups excluding carboxylic acids is 1. The minimum absolute atomic E-state index is 0. The number of para-hydroxylation sites is 1. The predicted molar refractivity (Wildman–Crippen MR) is 115 cm³/mol. The number of guanidine groups is 1. The first-order chi connectivity index (χ1) is 11.3. The number of amides is 1. The van der Waals surface area contributed by atoms with E-state index in [9.17, 15) is 4.79 Å². The van der Waals surface area contributed by atoms with E-state index in [4.69, 9.17) is 0 Å². The summed E-state index contributed by atoms with van der Waals surface area (Å²) in [6, 6.07) is 7.98. The van der Waals surface area contributed by atoms with Gasteiger partial charge in [-0.3, -0.25) is 9.79 Å². The molecule has 1 heterocycles. The number of anilines is 1. The van der Waals surface area contributed by atoms with Crippen molar-refractivity contribution in [3.63, 3.8) is 0 Å². The Bertz CT molecular complexity index is 615. The molecule has 3 N–H and O–H groups in total. The van der Waals surface area contributed by atoms with E-state index in [0.29, 0.717) is 13.0 Å². The van der Waals surface area contributed by atoms with Crippen LogP contribution in [0.15, 0.2) is 29.3 Å². The quantitative estimate of drug-likeness (QED) is 0.359. The molecule has 0 spiro atoms. The number of halogens is 1. The van der Waals surface area contributed by atoms with Gasteiger partial charge in [0.1, 0.15) is 0 Å². The molecule has 1 atom stereocenters. The van der Waals surface area contributed by atoms with Gasteiger partial charge in [-0.05, 0) is 39.6 Å². The molecule has 0 saturated heterocycles. The van der Waals surface area contributed by atoms with Gasteiger partial charge in [-0.1, -0.05) is 18.2 Å². The Labute approximate surface area is 167 Å². The van der Waals surface area contributed by atoms with Crippen LogP contribution in [0.5, 0.6) is 0 Å². The minimum Gasteiger partial charge on any atom is -0.356 e. The molecule has 0 radical (unpaired) electrons. The van der Waals surface area contributed by atoms with E-state index in [1.54, 1.807) is 7.05 Å². The summed E-state index contributed by atoms with van der Waals surface area (Å²) < 4.78 is 0. The molecule has 1 amide bonds. The number of likely N-dealkylation sites (N-methyl/N-ethyl adjacent to an activating group) is 1. The summed E-state index contributed by atoms with van der Waals surface area (Å²) >= 11 is 0. The van der Waals surface area contributed by atoms with Crippen molar-refractivity contribution < 1.29 is 4.79 Å². The van der Waals surface area contributed by atoms with Gasteiger partial charge in [0.15, 0.2) is 5.96 Å². The first kappa shape index (κ1) is 21.7. The predicted octanol–water partition coefficient (Wildman–Crippen LogP) is 2.24. The lowest BCUT2D eigenvalue weighted by molar-refractivity contribution is -0.116. The zero-order chi connectivity index (χ0) is 17.7. The van der Waals surface area contributed by atoms with E-state index in [1.165, 1.54) is 5.56 Å². The summed E-state index contributed by atoms with van der Waals surface area (Å²) in [4.78, 5) is 18.4. The molecule has 1 aromatic rings. The van der Waals surface area contributed by atoms with Crippen LogP contribution in [0.1, 0.15) is 31.7 Å². The molecule has 6 nitrogen and oxygen atoms in total. The highest BCUT2D eigenvalue weighted by Gasteiger charge is 2.25. The van der Waals surface area contributed by atoms with Crippen LogP contribution in [-0.2, 0) is 4.79 Å². The van der Waals surface area contributed by atoms with E-state index >= 15 is 0 Å². The van der Waals surface area contributed by atoms with E-state index in [-0.39, 0.29) is 41.3 Å². The lowest BCUT2D eigenvalue weighted by Crippen LogP contribution is -2.51. The maximum Gasteiger partial charge on any atom is 0.225 e. The van der Waals surface area contributed by atoms with Crippen LogP contribution < -0.4 is 16.0 Å². The molecule has 2 rings (SSSR count). The second kappa shape index (κ2) is 9.38. The van der Waals surface area contributed by atoms with Gasteiger partial charge in [0, 0.05) is 43.7 Å². The van der Waals surface area contributed by atoms with Crippen LogP contribution in [0.3, 0.4) is 0 Å². The van der Waals surface area contributed by atoms with Crippen LogP contribution in [0.25, 0.3) is 0 Å². The van der Waals surface area contributed by atoms with E-state index < -0.39 is 0 Å². The average molecular weight is 459 g/mol. The monoisotopic (exact) mass is 459 g/mol. The third kappa shape index (κ3) is 5.85.